The Kier molecular flexibility index (Phi) is 5.54. The van der Waals surface area contributed by atoms with E-state index in [4.69, 9.17) is 22.1 Å². The normalized spacial score (nSPS) is 10.9. The standard InChI is InChI=1S/C19H18ClN3O2S/c1-11(2)25-16-4-3-13(19(21)24)7-14(16)9-18-23-15(10-26-18)12-5-6-22-17(20)8-12/h3-8,10-11H,9H2,1-2H3,(H2,21,24). The number of ether oxygens (including phenoxy) is 1. The molecule has 0 saturated heterocycles. The van der Waals surface area contributed by atoms with Crippen LogP contribution >= 0.6 is 22.9 Å². The van der Waals surface area contributed by atoms with E-state index in [2.05, 4.69) is 9.97 Å². The van der Waals surface area contributed by atoms with E-state index in [9.17, 15) is 4.79 Å². The lowest BCUT2D eigenvalue weighted by Gasteiger charge is -2.14. The molecule has 0 aliphatic rings. The van der Waals surface area contributed by atoms with Crippen molar-refractivity contribution in [2.75, 3.05) is 0 Å². The molecular weight excluding hydrogens is 370 g/mol. The summed E-state index contributed by atoms with van der Waals surface area (Å²) in [6.45, 7) is 3.92. The van der Waals surface area contributed by atoms with Crippen LogP contribution in [0.1, 0.15) is 34.8 Å². The minimum absolute atomic E-state index is 0.0268. The van der Waals surface area contributed by atoms with Crippen LogP contribution in [0.3, 0.4) is 0 Å². The van der Waals surface area contributed by atoms with Gasteiger partial charge in [-0.2, -0.15) is 0 Å². The molecule has 0 atom stereocenters. The summed E-state index contributed by atoms with van der Waals surface area (Å²) in [6.07, 6.45) is 2.23. The summed E-state index contributed by atoms with van der Waals surface area (Å²) in [4.78, 5) is 20.2. The number of hydrogen-bond acceptors (Lipinski definition) is 5. The van der Waals surface area contributed by atoms with Gasteiger partial charge in [0.15, 0.2) is 0 Å². The minimum Gasteiger partial charge on any atom is -0.491 e. The number of rotatable bonds is 6. The monoisotopic (exact) mass is 387 g/mol. The second-order valence-corrected chi connectivity index (χ2v) is 7.35. The van der Waals surface area contributed by atoms with Crippen LogP contribution < -0.4 is 10.5 Å². The molecule has 7 heteroatoms. The molecule has 3 aromatic rings. The molecule has 0 fully saturated rings. The highest BCUT2D eigenvalue weighted by molar-refractivity contribution is 7.10. The van der Waals surface area contributed by atoms with Gasteiger partial charge in [-0.25, -0.2) is 9.97 Å². The Balaban J connectivity index is 1.90. The zero-order valence-corrected chi connectivity index (χ0v) is 16.0. The van der Waals surface area contributed by atoms with Gasteiger partial charge in [0.1, 0.15) is 10.9 Å². The number of amides is 1. The smallest absolute Gasteiger partial charge is 0.248 e. The quantitative estimate of drug-likeness (QED) is 0.638. The van der Waals surface area contributed by atoms with Gasteiger partial charge in [0, 0.05) is 34.7 Å². The van der Waals surface area contributed by atoms with E-state index in [0.717, 1.165) is 27.6 Å². The number of pyridine rings is 1. The Bertz CT molecular complexity index is 940. The Hall–Kier alpha value is -2.44. The number of benzene rings is 1. The molecule has 0 aliphatic carbocycles. The van der Waals surface area contributed by atoms with Crippen molar-refractivity contribution in [1.82, 2.24) is 9.97 Å². The third kappa shape index (κ3) is 4.39. The predicted octanol–water partition coefficient (Wildman–Crippen LogP) is 4.34. The highest BCUT2D eigenvalue weighted by Gasteiger charge is 2.13. The first-order valence-electron chi connectivity index (χ1n) is 8.08. The SMILES string of the molecule is CC(C)Oc1ccc(C(N)=O)cc1Cc1nc(-c2ccnc(Cl)c2)cs1. The largest absolute Gasteiger partial charge is 0.491 e. The highest BCUT2D eigenvalue weighted by atomic mass is 35.5. The van der Waals surface area contributed by atoms with E-state index in [1.54, 1.807) is 41.8 Å². The molecule has 0 unspecified atom stereocenters. The van der Waals surface area contributed by atoms with E-state index < -0.39 is 5.91 Å². The molecular formula is C19H18ClN3O2S. The number of nitrogens with zero attached hydrogens (tertiary/aromatic N) is 2. The molecule has 3 rings (SSSR count). The van der Waals surface area contributed by atoms with Crippen LogP contribution in [0.25, 0.3) is 11.3 Å². The summed E-state index contributed by atoms with van der Waals surface area (Å²) in [6, 6.07) is 8.87. The van der Waals surface area contributed by atoms with Crippen LogP contribution in [0.4, 0.5) is 0 Å². The van der Waals surface area contributed by atoms with Crippen molar-refractivity contribution in [2.45, 2.75) is 26.4 Å². The summed E-state index contributed by atoms with van der Waals surface area (Å²) >= 11 is 7.49. The fourth-order valence-electron chi connectivity index (χ4n) is 2.49. The Morgan fingerprint density at radius 1 is 1.31 bits per heavy atom. The highest BCUT2D eigenvalue weighted by Crippen LogP contribution is 2.28. The summed E-state index contributed by atoms with van der Waals surface area (Å²) in [5.41, 5.74) is 8.49. The maximum absolute atomic E-state index is 11.5. The third-order valence-corrected chi connectivity index (χ3v) is 4.68. The molecule has 134 valence electrons. The van der Waals surface area contributed by atoms with Crippen LogP contribution in [-0.4, -0.2) is 22.0 Å². The maximum Gasteiger partial charge on any atom is 0.248 e. The van der Waals surface area contributed by atoms with Crippen molar-refractivity contribution >= 4 is 28.8 Å². The number of nitrogens with two attached hydrogens (primary N) is 1. The molecule has 5 nitrogen and oxygen atoms in total. The summed E-state index contributed by atoms with van der Waals surface area (Å²) < 4.78 is 5.86. The van der Waals surface area contributed by atoms with Gasteiger partial charge in [0.05, 0.1) is 16.8 Å². The fraction of sp³-hybridized carbons (Fsp3) is 0.211. The second kappa shape index (κ2) is 7.85. The molecule has 26 heavy (non-hydrogen) atoms. The lowest BCUT2D eigenvalue weighted by Crippen LogP contribution is -2.13. The molecule has 1 aromatic carbocycles. The molecule has 0 spiro atoms. The Labute approximate surface area is 160 Å². The zero-order chi connectivity index (χ0) is 18.7. The molecule has 0 saturated carbocycles. The van der Waals surface area contributed by atoms with E-state index in [0.29, 0.717) is 17.1 Å². The lowest BCUT2D eigenvalue weighted by molar-refractivity contribution is 0.1000. The van der Waals surface area contributed by atoms with Crippen molar-refractivity contribution in [3.05, 3.63) is 63.2 Å². The van der Waals surface area contributed by atoms with Gasteiger partial charge < -0.3 is 10.5 Å². The average Bonchev–Trinajstić information content (AvgIpc) is 3.04. The first-order chi connectivity index (χ1) is 12.4. The molecule has 2 aromatic heterocycles. The van der Waals surface area contributed by atoms with Crippen molar-refractivity contribution in [3.8, 4) is 17.0 Å². The number of hydrogen-bond donors (Lipinski definition) is 1. The van der Waals surface area contributed by atoms with Crippen LogP contribution in [0, 0.1) is 0 Å². The summed E-state index contributed by atoms with van der Waals surface area (Å²) in [7, 11) is 0. The van der Waals surface area contributed by atoms with E-state index in [1.165, 1.54) is 0 Å². The van der Waals surface area contributed by atoms with Gasteiger partial charge >= 0.3 is 0 Å². The van der Waals surface area contributed by atoms with Gasteiger partial charge in [-0.15, -0.1) is 11.3 Å². The van der Waals surface area contributed by atoms with E-state index in [1.807, 2.05) is 25.3 Å². The molecule has 1 amide bonds. The fourth-order valence-corrected chi connectivity index (χ4v) is 3.49. The number of carbonyl (C=O) groups excluding carboxylic acids is 1. The van der Waals surface area contributed by atoms with Crippen molar-refractivity contribution in [2.24, 2.45) is 5.73 Å². The van der Waals surface area contributed by atoms with Crippen LogP contribution in [0.5, 0.6) is 5.75 Å². The van der Waals surface area contributed by atoms with Crippen molar-refractivity contribution in [1.29, 1.82) is 0 Å². The molecule has 0 bridgehead atoms. The van der Waals surface area contributed by atoms with E-state index in [-0.39, 0.29) is 6.10 Å². The minimum atomic E-state index is -0.464. The number of aromatic nitrogens is 2. The van der Waals surface area contributed by atoms with Gasteiger partial charge in [0.25, 0.3) is 0 Å². The molecule has 0 radical (unpaired) electrons. The number of halogens is 1. The first-order valence-corrected chi connectivity index (χ1v) is 9.34. The Morgan fingerprint density at radius 3 is 2.81 bits per heavy atom. The average molecular weight is 388 g/mol. The second-order valence-electron chi connectivity index (χ2n) is 6.02. The van der Waals surface area contributed by atoms with Crippen LogP contribution in [0.2, 0.25) is 5.15 Å². The van der Waals surface area contributed by atoms with Gasteiger partial charge in [-0.05, 0) is 44.2 Å². The maximum atomic E-state index is 11.5. The first kappa shape index (κ1) is 18.4. The lowest BCUT2D eigenvalue weighted by atomic mass is 10.1. The van der Waals surface area contributed by atoms with Crippen molar-refractivity contribution < 1.29 is 9.53 Å². The predicted molar refractivity (Wildman–Crippen MR) is 104 cm³/mol. The number of primary amides is 1. The van der Waals surface area contributed by atoms with Crippen LogP contribution in [-0.2, 0) is 6.42 Å². The molecule has 0 aliphatic heterocycles. The van der Waals surface area contributed by atoms with Gasteiger partial charge in [0.2, 0.25) is 5.91 Å². The van der Waals surface area contributed by atoms with Gasteiger partial charge in [-0.3, -0.25) is 4.79 Å². The number of carbonyl (C=O) groups is 1. The zero-order valence-electron chi connectivity index (χ0n) is 14.4. The van der Waals surface area contributed by atoms with Crippen molar-refractivity contribution in [3.63, 3.8) is 0 Å². The van der Waals surface area contributed by atoms with Crippen LogP contribution in [0.15, 0.2) is 41.9 Å². The molecule has 2 heterocycles. The third-order valence-electron chi connectivity index (χ3n) is 3.62. The Morgan fingerprint density at radius 2 is 2.12 bits per heavy atom. The number of thiazole rings is 1. The van der Waals surface area contributed by atoms with E-state index >= 15 is 0 Å². The van der Waals surface area contributed by atoms with Gasteiger partial charge in [-0.1, -0.05) is 11.6 Å². The summed E-state index contributed by atoms with van der Waals surface area (Å²) in [5.74, 6) is 0.266. The summed E-state index contributed by atoms with van der Waals surface area (Å²) in [5, 5.41) is 3.31. The topological polar surface area (TPSA) is 78.1 Å². The molecule has 2 N–H and O–H groups in total.